The molecule has 124 valence electrons. The molecule has 0 aliphatic heterocycles. The number of amides is 1. The Kier molecular flexibility index (Phi) is 4.74. The summed E-state index contributed by atoms with van der Waals surface area (Å²) >= 11 is 0. The Morgan fingerprint density at radius 3 is 2.75 bits per heavy atom. The highest BCUT2D eigenvalue weighted by Gasteiger charge is 2.13. The quantitative estimate of drug-likeness (QED) is 0.650. The SMILES string of the molecule is O=C(CNc1cccc2c1CCCC2)Nc1cccc([N+](=O)[O-])c1. The number of non-ortho nitro benzene ring substituents is 1. The maximum atomic E-state index is 12.1. The van der Waals surface area contributed by atoms with Crippen LogP contribution in [-0.2, 0) is 17.6 Å². The number of nitro groups is 1. The second-order valence-corrected chi connectivity index (χ2v) is 5.86. The molecule has 0 spiro atoms. The highest BCUT2D eigenvalue weighted by molar-refractivity contribution is 5.94. The Morgan fingerprint density at radius 2 is 1.92 bits per heavy atom. The van der Waals surface area contributed by atoms with E-state index in [1.165, 1.54) is 36.1 Å². The molecular formula is C18H19N3O3. The molecule has 0 radical (unpaired) electrons. The van der Waals surface area contributed by atoms with Crippen molar-refractivity contribution in [1.82, 2.24) is 0 Å². The molecule has 1 aliphatic carbocycles. The molecule has 1 amide bonds. The highest BCUT2D eigenvalue weighted by atomic mass is 16.6. The number of rotatable bonds is 5. The van der Waals surface area contributed by atoms with Crippen molar-refractivity contribution in [2.24, 2.45) is 0 Å². The van der Waals surface area contributed by atoms with Crippen molar-refractivity contribution in [3.8, 4) is 0 Å². The van der Waals surface area contributed by atoms with Gasteiger partial charge in [0.15, 0.2) is 0 Å². The summed E-state index contributed by atoms with van der Waals surface area (Å²) in [5.41, 5.74) is 4.03. The fourth-order valence-corrected chi connectivity index (χ4v) is 3.02. The average Bonchev–Trinajstić information content (AvgIpc) is 2.60. The molecule has 1 aliphatic rings. The third-order valence-electron chi connectivity index (χ3n) is 4.18. The van der Waals surface area contributed by atoms with Crippen LogP contribution in [0, 0.1) is 10.1 Å². The molecular weight excluding hydrogens is 306 g/mol. The molecule has 6 nitrogen and oxygen atoms in total. The Bertz CT molecular complexity index is 774. The molecule has 2 aromatic carbocycles. The van der Waals surface area contributed by atoms with E-state index in [1.807, 2.05) is 12.1 Å². The van der Waals surface area contributed by atoms with Gasteiger partial charge in [-0.1, -0.05) is 18.2 Å². The lowest BCUT2D eigenvalue weighted by Gasteiger charge is -2.20. The second-order valence-electron chi connectivity index (χ2n) is 5.86. The maximum Gasteiger partial charge on any atom is 0.271 e. The Labute approximate surface area is 140 Å². The Morgan fingerprint density at radius 1 is 1.12 bits per heavy atom. The van der Waals surface area contributed by atoms with Crippen molar-refractivity contribution in [3.63, 3.8) is 0 Å². The van der Waals surface area contributed by atoms with Gasteiger partial charge >= 0.3 is 0 Å². The van der Waals surface area contributed by atoms with E-state index >= 15 is 0 Å². The van der Waals surface area contributed by atoms with Gasteiger partial charge in [0.1, 0.15) is 0 Å². The van der Waals surface area contributed by atoms with Crippen LogP contribution in [-0.4, -0.2) is 17.4 Å². The molecule has 0 heterocycles. The van der Waals surface area contributed by atoms with E-state index in [-0.39, 0.29) is 18.1 Å². The van der Waals surface area contributed by atoms with Crippen molar-refractivity contribution < 1.29 is 9.72 Å². The first-order chi connectivity index (χ1) is 11.6. The molecule has 6 heteroatoms. The lowest BCUT2D eigenvalue weighted by molar-refractivity contribution is -0.384. The summed E-state index contributed by atoms with van der Waals surface area (Å²) in [6, 6.07) is 12.1. The predicted molar refractivity (Wildman–Crippen MR) is 93.3 cm³/mol. The third-order valence-corrected chi connectivity index (χ3v) is 4.18. The molecule has 0 unspecified atom stereocenters. The number of fused-ring (bicyclic) bond motifs is 1. The van der Waals surface area contributed by atoms with Gasteiger partial charge < -0.3 is 10.6 Å². The lowest BCUT2D eigenvalue weighted by atomic mass is 9.90. The van der Waals surface area contributed by atoms with Gasteiger partial charge in [-0.25, -0.2) is 0 Å². The van der Waals surface area contributed by atoms with Crippen LogP contribution in [0.4, 0.5) is 17.1 Å². The first kappa shape index (κ1) is 16.0. The zero-order chi connectivity index (χ0) is 16.9. The van der Waals surface area contributed by atoms with Crippen LogP contribution < -0.4 is 10.6 Å². The van der Waals surface area contributed by atoms with Gasteiger partial charge in [0.2, 0.25) is 5.91 Å². The van der Waals surface area contributed by atoms with E-state index in [4.69, 9.17) is 0 Å². The molecule has 2 N–H and O–H groups in total. The van der Waals surface area contributed by atoms with Crippen molar-refractivity contribution in [3.05, 3.63) is 63.7 Å². The molecule has 2 aromatic rings. The smallest absolute Gasteiger partial charge is 0.271 e. The standard InChI is InChI=1S/C18H19N3O3/c22-18(20-14-7-4-8-15(11-14)21(23)24)12-19-17-10-3-6-13-5-1-2-9-16(13)17/h3-4,6-8,10-11,19H,1-2,5,9,12H2,(H,20,22). The Balaban J connectivity index is 1.62. The molecule has 3 rings (SSSR count). The molecule has 0 aromatic heterocycles. The first-order valence-corrected chi connectivity index (χ1v) is 8.02. The monoisotopic (exact) mass is 325 g/mol. The van der Waals surface area contributed by atoms with Gasteiger partial charge in [-0.15, -0.1) is 0 Å². The van der Waals surface area contributed by atoms with Crippen molar-refractivity contribution in [2.75, 3.05) is 17.2 Å². The second kappa shape index (κ2) is 7.12. The van der Waals surface area contributed by atoms with Crippen molar-refractivity contribution in [2.45, 2.75) is 25.7 Å². The summed E-state index contributed by atoms with van der Waals surface area (Å²) < 4.78 is 0. The van der Waals surface area contributed by atoms with Gasteiger partial charge in [-0.2, -0.15) is 0 Å². The number of aryl methyl sites for hydroxylation is 1. The van der Waals surface area contributed by atoms with E-state index in [9.17, 15) is 14.9 Å². The van der Waals surface area contributed by atoms with Gasteiger partial charge in [0.05, 0.1) is 11.5 Å². The van der Waals surface area contributed by atoms with Crippen LogP contribution in [0.15, 0.2) is 42.5 Å². The molecule has 0 fully saturated rings. The fraction of sp³-hybridized carbons (Fsp3) is 0.278. The summed E-state index contributed by atoms with van der Waals surface area (Å²) in [4.78, 5) is 22.4. The number of nitro benzene ring substituents is 1. The summed E-state index contributed by atoms with van der Waals surface area (Å²) in [7, 11) is 0. The molecule has 24 heavy (non-hydrogen) atoms. The molecule has 0 saturated heterocycles. The summed E-state index contributed by atoms with van der Waals surface area (Å²) in [6.07, 6.45) is 4.50. The van der Waals surface area contributed by atoms with E-state index < -0.39 is 4.92 Å². The van der Waals surface area contributed by atoms with E-state index in [0.29, 0.717) is 5.69 Å². The number of carbonyl (C=O) groups is 1. The number of anilines is 2. The van der Waals surface area contributed by atoms with Crippen LogP contribution in [0.25, 0.3) is 0 Å². The number of nitrogens with one attached hydrogen (secondary N) is 2. The van der Waals surface area contributed by atoms with Crippen molar-refractivity contribution >= 4 is 23.0 Å². The van der Waals surface area contributed by atoms with Crippen LogP contribution in [0.5, 0.6) is 0 Å². The van der Waals surface area contributed by atoms with E-state index in [1.54, 1.807) is 12.1 Å². The van der Waals surface area contributed by atoms with E-state index in [2.05, 4.69) is 16.7 Å². The lowest BCUT2D eigenvalue weighted by Crippen LogP contribution is -2.22. The molecule has 0 bridgehead atoms. The minimum Gasteiger partial charge on any atom is -0.376 e. The first-order valence-electron chi connectivity index (χ1n) is 8.02. The predicted octanol–water partition coefficient (Wildman–Crippen LogP) is 3.52. The average molecular weight is 325 g/mol. The maximum absolute atomic E-state index is 12.1. The van der Waals surface area contributed by atoms with Crippen LogP contribution >= 0.6 is 0 Å². The zero-order valence-corrected chi connectivity index (χ0v) is 13.2. The van der Waals surface area contributed by atoms with Crippen LogP contribution in [0.1, 0.15) is 24.0 Å². The third kappa shape index (κ3) is 3.71. The van der Waals surface area contributed by atoms with Crippen LogP contribution in [0.2, 0.25) is 0 Å². The fourth-order valence-electron chi connectivity index (χ4n) is 3.02. The number of nitrogens with zero attached hydrogens (tertiary/aromatic N) is 1. The largest absolute Gasteiger partial charge is 0.376 e. The van der Waals surface area contributed by atoms with E-state index in [0.717, 1.165) is 18.5 Å². The number of benzene rings is 2. The van der Waals surface area contributed by atoms with Gasteiger partial charge in [-0.05, 0) is 48.9 Å². The van der Waals surface area contributed by atoms with Gasteiger partial charge in [0, 0.05) is 23.5 Å². The number of hydrogen-bond donors (Lipinski definition) is 2. The molecule has 0 saturated carbocycles. The van der Waals surface area contributed by atoms with Crippen molar-refractivity contribution in [1.29, 1.82) is 0 Å². The number of carbonyl (C=O) groups excluding carboxylic acids is 1. The van der Waals surface area contributed by atoms with Gasteiger partial charge in [-0.3, -0.25) is 14.9 Å². The minimum atomic E-state index is -0.482. The zero-order valence-electron chi connectivity index (χ0n) is 13.2. The van der Waals surface area contributed by atoms with Gasteiger partial charge in [0.25, 0.3) is 5.69 Å². The highest BCUT2D eigenvalue weighted by Crippen LogP contribution is 2.27. The summed E-state index contributed by atoms with van der Waals surface area (Å²) in [5, 5.41) is 16.6. The topological polar surface area (TPSA) is 84.3 Å². The normalized spacial score (nSPS) is 13.0. The minimum absolute atomic E-state index is 0.0436. The summed E-state index contributed by atoms with van der Waals surface area (Å²) in [5.74, 6) is -0.232. The number of hydrogen-bond acceptors (Lipinski definition) is 4. The molecule has 0 atom stereocenters. The summed E-state index contributed by atoms with van der Waals surface area (Å²) in [6.45, 7) is 0.124. The van der Waals surface area contributed by atoms with Crippen LogP contribution in [0.3, 0.4) is 0 Å². The Hall–Kier alpha value is -2.89.